The van der Waals surface area contributed by atoms with Crippen LogP contribution in [0.2, 0.25) is 0 Å². The summed E-state index contributed by atoms with van der Waals surface area (Å²) in [6.45, 7) is 1.91. The number of nitrogens with zero attached hydrogens (tertiary/aromatic N) is 4. The predicted molar refractivity (Wildman–Crippen MR) is 56.6 cm³/mol. The Hall–Kier alpha value is -0.980. The molecule has 0 spiro atoms. The average molecular weight is 286 g/mol. The van der Waals surface area contributed by atoms with Gasteiger partial charge in [0.15, 0.2) is 5.82 Å². The fraction of sp³-hybridized carbons (Fsp3) is 0.125. The first-order valence-corrected chi connectivity index (χ1v) is 4.83. The molecule has 5 heteroatoms. The summed E-state index contributed by atoms with van der Waals surface area (Å²) in [7, 11) is 0. The molecule has 0 aromatic carbocycles. The summed E-state index contributed by atoms with van der Waals surface area (Å²) in [5, 5.41) is 4.15. The Balaban J connectivity index is 2.52. The van der Waals surface area contributed by atoms with Crippen molar-refractivity contribution in [1.29, 1.82) is 0 Å². The van der Waals surface area contributed by atoms with Crippen molar-refractivity contribution in [1.82, 2.24) is 19.7 Å². The summed E-state index contributed by atoms with van der Waals surface area (Å²) >= 11 is 2.21. The Kier molecular flexibility index (Phi) is 2.26. The Morgan fingerprint density at radius 1 is 1.31 bits per heavy atom. The van der Waals surface area contributed by atoms with E-state index < -0.39 is 0 Å². The quantitative estimate of drug-likeness (QED) is 0.747. The largest absolute Gasteiger partial charge is 0.256 e. The smallest absolute Gasteiger partial charge is 0.174 e. The van der Waals surface area contributed by atoms with Crippen molar-refractivity contribution in [2.45, 2.75) is 6.92 Å². The lowest BCUT2D eigenvalue weighted by molar-refractivity contribution is 0.824. The van der Waals surface area contributed by atoms with Gasteiger partial charge in [0.2, 0.25) is 0 Å². The Bertz CT molecular complexity index is 424. The van der Waals surface area contributed by atoms with E-state index in [1.807, 2.05) is 13.1 Å². The predicted octanol–water partition coefficient (Wildman–Crippen LogP) is 1.58. The highest BCUT2D eigenvalue weighted by Crippen LogP contribution is 2.08. The van der Waals surface area contributed by atoms with Crippen LogP contribution in [0.3, 0.4) is 0 Å². The van der Waals surface area contributed by atoms with E-state index in [0.29, 0.717) is 0 Å². The molecule has 2 rings (SSSR count). The van der Waals surface area contributed by atoms with Gasteiger partial charge < -0.3 is 0 Å². The molecule has 0 saturated carbocycles. The van der Waals surface area contributed by atoms with Gasteiger partial charge in [0.1, 0.15) is 0 Å². The zero-order valence-electron chi connectivity index (χ0n) is 6.98. The van der Waals surface area contributed by atoms with Crippen LogP contribution in [0.4, 0.5) is 0 Å². The van der Waals surface area contributed by atoms with E-state index in [4.69, 9.17) is 0 Å². The minimum Gasteiger partial charge on any atom is -0.256 e. The number of aryl methyl sites for hydroxylation is 1. The second kappa shape index (κ2) is 3.41. The van der Waals surface area contributed by atoms with Crippen molar-refractivity contribution in [3.8, 4) is 5.82 Å². The molecule has 13 heavy (non-hydrogen) atoms. The molecule has 0 amide bonds. The maximum Gasteiger partial charge on any atom is 0.174 e. The molecular formula is C8H7IN4. The van der Waals surface area contributed by atoms with Crippen molar-refractivity contribution in [3.63, 3.8) is 0 Å². The summed E-state index contributed by atoms with van der Waals surface area (Å²) in [5.41, 5.74) is 0.877. The Morgan fingerprint density at radius 3 is 2.69 bits per heavy atom. The van der Waals surface area contributed by atoms with Crippen LogP contribution < -0.4 is 0 Å². The molecule has 0 unspecified atom stereocenters. The highest BCUT2D eigenvalue weighted by molar-refractivity contribution is 14.1. The molecule has 2 aromatic heterocycles. The Morgan fingerprint density at radius 2 is 2.08 bits per heavy atom. The van der Waals surface area contributed by atoms with Gasteiger partial charge in [-0.25, -0.2) is 9.67 Å². The molecule has 66 valence electrons. The molecule has 2 aromatic rings. The van der Waals surface area contributed by atoms with Crippen molar-refractivity contribution in [3.05, 3.63) is 34.1 Å². The van der Waals surface area contributed by atoms with Crippen LogP contribution in [0.5, 0.6) is 0 Å². The topological polar surface area (TPSA) is 43.6 Å². The number of aromatic nitrogens is 4. The minimum atomic E-state index is 0.783. The highest BCUT2D eigenvalue weighted by atomic mass is 127. The van der Waals surface area contributed by atoms with Gasteiger partial charge in [-0.15, -0.1) is 0 Å². The molecule has 0 atom stereocenters. The SMILES string of the molecule is Cc1nccnc1-n1cc(I)cn1. The van der Waals surface area contributed by atoms with E-state index in [0.717, 1.165) is 15.1 Å². The molecule has 2 heterocycles. The lowest BCUT2D eigenvalue weighted by Crippen LogP contribution is -2.01. The molecule has 0 bridgehead atoms. The lowest BCUT2D eigenvalue weighted by Gasteiger charge is -2.01. The van der Waals surface area contributed by atoms with Gasteiger partial charge in [0.25, 0.3) is 0 Å². The zero-order chi connectivity index (χ0) is 9.26. The van der Waals surface area contributed by atoms with Gasteiger partial charge in [0, 0.05) is 18.6 Å². The molecule has 0 aliphatic heterocycles. The van der Waals surface area contributed by atoms with Gasteiger partial charge in [0.05, 0.1) is 15.5 Å². The van der Waals surface area contributed by atoms with Crippen LogP contribution in [-0.4, -0.2) is 19.7 Å². The standard InChI is InChI=1S/C8H7IN4/c1-6-8(11-3-2-10-6)13-5-7(9)4-12-13/h2-5H,1H3. The van der Waals surface area contributed by atoms with Crippen molar-refractivity contribution >= 4 is 22.6 Å². The summed E-state index contributed by atoms with van der Waals surface area (Å²) in [6.07, 6.45) is 7.04. The number of rotatable bonds is 1. The fourth-order valence-corrected chi connectivity index (χ4v) is 1.43. The van der Waals surface area contributed by atoms with Gasteiger partial charge in [-0.3, -0.25) is 4.98 Å². The third kappa shape index (κ3) is 1.69. The second-order valence-corrected chi connectivity index (χ2v) is 3.81. The molecule has 4 nitrogen and oxygen atoms in total. The number of halogens is 1. The summed E-state index contributed by atoms with van der Waals surface area (Å²) < 4.78 is 2.81. The van der Waals surface area contributed by atoms with E-state index in [-0.39, 0.29) is 0 Å². The van der Waals surface area contributed by atoms with Gasteiger partial charge >= 0.3 is 0 Å². The fourth-order valence-electron chi connectivity index (χ4n) is 1.04. The number of hydrogen-bond acceptors (Lipinski definition) is 3. The van der Waals surface area contributed by atoms with Crippen LogP contribution >= 0.6 is 22.6 Å². The monoisotopic (exact) mass is 286 g/mol. The molecule has 0 radical (unpaired) electrons. The van der Waals surface area contributed by atoms with Crippen LogP contribution in [0.15, 0.2) is 24.8 Å². The lowest BCUT2D eigenvalue weighted by atomic mass is 10.4. The van der Waals surface area contributed by atoms with E-state index in [1.54, 1.807) is 23.3 Å². The van der Waals surface area contributed by atoms with Crippen molar-refractivity contribution < 1.29 is 0 Å². The van der Waals surface area contributed by atoms with Gasteiger partial charge in [-0.2, -0.15) is 5.10 Å². The summed E-state index contributed by atoms with van der Waals surface area (Å²) in [6, 6.07) is 0. The molecule has 0 fully saturated rings. The maximum absolute atomic E-state index is 4.20. The van der Waals surface area contributed by atoms with Crippen LogP contribution in [0.1, 0.15) is 5.69 Å². The number of hydrogen-bond donors (Lipinski definition) is 0. The van der Waals surface area contributed by atoms with E-state index in [2.05, 4.69) is 37.7 Å². The maximum atomic E-state index is 4.20. The molecule has 0 aliphatic rings. The first kappa shape index (κ1) is 8.61. The first-order chi connectivity index (χ1) is 6.27. The third-order valence-corrected chi connectivity index (χ3v) is 2.18. The summed E-state index contributed by atoms with van der Waals surface area (Å²) in [5.74, 6) is 0.783. The van der Waals surface area contributed by atoms with E-state index in [1.165, 1.54) is 0 Å². The molecule has 0 aliphatic carbocycles. The zero-order valence-corrected chi connectivity index (χ0v) is 9.13. The molecular weight excluding hydrogens is 279 g/mol. The van der Waals surface area contributed by atoms with Crippen molar-refractivity contribution in [2.75, 3.05) is 0 Å². The van der Waals surface area contributed by atoms with Gasteiger partial charge in [-0.1, -0.05) is 0 Å². The van der Waals surface area contributed by atoms with Crippen LogP contribution in [-0.2, 0) is 0 Å². The van der Waals surface area contributed by atoms with Crippen LogP contribution in [0, 0.1) is 10.5 Å². The third-order valence-electron chi connectivity index (χ3n) is 1.62. The van der Waals surface area contributed by atoms with E-state index >= 15 is 0 Å². The molecule has 0 saturated heterocycles. The second-order valence-electron chi connectivity index (χ2n) is 2.57. The van der Waals surface area contributed by atoms with E-state index in [9.17, 15) is 0 Å². The first-order valence-electron chi connectivity index (χ1n) is 3.75. The average Bonchev–Trinajstić information content (AvgIpc) is 2.53. The minimum absolute atomic E-state index is 0.783. The molecule has 0 N–H and O–H groups in total. The summed E-state index contributed by atoms with van der Waals surface area (Å²) in [4.78, 5) is 8.34. The van der Waals surface area contributed by atoms with Crippen LogP contribution in [0.25, 0.3) is 5.82 Å². The normalized spacial score (nSPS) is 10.3. The van der Waals surface area contributed by atoms with Gasteiger partial charge in [-0.05, 0) is 29.5 Å². The highest BCUT2D eigenvalue weighted by Gasteiger charge is 2.03. The Labute approximate surface area is 89.2 Å². The van der Waals surface area contributed by atoms with Crippen molar-refractivity contribution in [2.24, 2.45) is 0 Å².